The number of aryl methyl sites for hydroxylation is 3. The van der Waals surface area contributed by atoms with E-state index < -0.39 is 12.7 Å². The van der Waals surface area contributed by atoms with E-state index in [0.29, 0.717) is 28.1 Å². The summed E-state index contributed by atoms with van der Waals surface area (Å²) in [6, 6.07) is 18.7. The minimum Gasteiger partial charge on any atom is -0.466 e. The highest BCUT2D eigenvalue weighted by atomic mass is 19.1. The summed E-state index contributed by atoms with van der Waals surface area (Å²) < 4.78 is 45.5. The number of fused-ring (bicyclic) bond motifs is 3. The Labute approximate surface area is 184 Å². The van der Waals surface area contributed by atoms with Crippen LogP contribution in [0.4, 0.5) is 10.1 Å². The minimum atomic E-state index is -2.56. The summed E-state index contributed by atoms with van der Waals surface area (Å²) in [7, 11) is 1.68. The molecule has 5 aromatic rings. The average Bonchev–Trinajstić information content (AvgIpc) is 3.18. The summed E-state index contributed by atoms with van der Waals surface area (Å²) >= 11 is 0. The second-order valence-corrected chi connectivity index (χ2v) is 7.62. The van der Waals surface area contributed by atoms with E-state index in [4.69, 9.17) is 15.1 Å². The molecular weight excluding hydrogens is 387 g/mol. The van der Waals surface area contributed by atoms with Crippen LogP contribution in [0.2, 0.25) is 0 Å². The number of furan rings is 1. The molecule has 150 valence electrons. The van der Waals surface area contributed by atoms with Crippen molar-refractivity contribution in [3.8, 4) is 22.4 Å². The molecule has 31 heavy (non-hydrogen) atoms. The lowest BCUT2D eigenvalue weighted by Gasteiger charge is -2.06. The van der Waals surface area contributed by atoms with Crippen LogP contribution in [0.1, 0.15) is 15.2 Å². The van der Waals surface area contributed by atoms with E-state index in [0.717, 1.165) is 27.5 Å². The Hall–Kier alpha value is -3.97. The van der Waals surface area contributed by atoms with Gasteiger partial charge >= 0.3 is 0 Å². The maximum Gasteiger partial charge on any atom is 0.230 e. The predicted molar refractivity (Wildman–Crippen MR) is 121 cm³/mol. The van der Waals surface area contributed by atoms with Gasteiger partial charge in [0.2, 0.25) is 11.4 Å². The van der Waals surface area contributed by atoms with E-state index in [1.54, 1.807) is 11.6 Å². The third-order valence-electron chi connectivity index (χ3n) is 5.64. The van der Waals surface area contributed by atoms with Gasteiger partial charge in [0.15, 0.2) is 6.20 Å². The lowest BCUT2D eigenvalue weighted by Crippen LogP contribution is -2.31. The van der Waals surface area contributed by atoms with Crippen molar-refractivity contribution in [2.24, 2.45) is 7.05 Å². The second-order valence-electron chi connectivity index (χ2n) is 7.62. The Morgan fingerprint density at radius 2 is 1.77 bits per heavy atom. The molecule has 0 unspecified atom stereocenters. The first-order chi connectivity index (χ1) is 16.2. The maximum atomic E-state index is 14.9. The van der Waals surface area contributed by atoms with Crippen LogP contribution in [-0.2, 0) is 7.05 Å². The molecule has 0 saturated carbocycles. The van der Waals surface area contributed by atoms with E-state index in [-0.39, 0.29) is 5.56 Å². The van der Waals surface area contributed by atoms with Gasteiger partial charge in [0.1, 0.15) is 24.0 Å². The van der Waals surface area contributed by atoms with Gasteiger partial charge in [-0.3, -0.25) is 0 Å². The number of hydrogen-bond acceptors (Lipinski definition) is 1. The van der Waals surface area contributed by atoms with Crippen LogP contribution in [-0.4, -0.2) is 0 Å². The summed E-state index contributed by atoms with van der Waals surface area (Å²) in [5.74, 6) is -0.797. The molecule has 5 rings (SSSR count). The van der Waals surface area contributed by atoms with Crippen LogP contribution in [0.3, 0.4) is 0 Å². The van der Waals surface area contributed by atoms with Crippen LogP contribution in [0.25, 0.3) is 49.2 Å². The number of aromatic nitrogens is 1. The Balaban J connectivity index is 1.83. The lowest BCUT2D eigenvalue weighted by molar-refractivity contribution is -0.661. The molecule has 0 amide bonds. The minimum absolute atomic E-state index is 0.337. The molecule has 4 heteroatoms. The summed E-state index contributed by atoms with van der Waals surface area (Å²) in [6.07, 6.45) is 1.30. The highest BCUT2D eigenvalue weighted by molar-refractivity contribution is 6.14. The third-order valence-corrected chi connectivity index (χ3v) is 5.64. The number of pyridine rings is 1. The zero-order valence-corrected chi connectivity index (χ0v) is 17.0. The fourth-order valence-electron chi connectivity index (χ4n) is 4.09. The van der Waals surface area contributed by atoms with Crippen LogP contribution in [0.15, 0.2) is 71.3 Å². The number of benzene rings is 3. The van der Waals surface area contributed by atoms with Crippen LogP contribution in [0.5, 0.6) is 0 Å². The number of halogens is 1. The number of hydrogen-bond donors (Lipinski definition) is 0. The monoisotopic (exact) mass is 410 g/mol. The van der Waals surface area contributed by atoms with Gasteiger partial charge in [0.25, 0.3) is 0 Å². The first-order valence-electron chi connectivity index (χ1n) is 11.3. The third kappa shape index (κ3) is 2.98. The Morgan fingerprint density at radius 1 is 0.968 bits per heavy atom. The van der Waals surface area contributed by atoms with Gasteiger partial charge in [-0.25, -0.2) is 13.8 Å². The molecular formula is C27H20FN2O+. The topological polar surface area (TPSA) is 21.4 Å². The smallest absolute Gasteiger partial charge is 0.230 e. The summed E-state index contributed by atoms with van der Waals surface area (Å²) in [5, 5.41) is 1.60. The van der Waals surface area contributed by atoms with Crippen molar-refractivity contribution in [1.29, 1.82) is 0 Å². The van der Waals surface area contributed by atoms with Gasteiger partial charge in [-0.05, 0) is 42.6 Å². The molecule has 0 atom stereocenters. The molecule has 0 aliphatic carbocycles. The number of nitrogens with zero attached hydrogens (tertiary/aromatic N) is 2. The first-order valence-corrected chi connectivity index (χ1v) is 9.82. The molecule has 2 aromatic heterocycles. The van der Waals surface area contributed by atoms with Gasteiger partial charge < -0.3 is 4.42 Å². The van der Waals surface area contributed by atoms with Gasteiger partial charge in [-0.1, -0.05) is 42.5 Å². The first kappa shape index (κ1) is 15.8. The van der Waals surface area contributed by atoms with Crippen molar-refractivity contribution in [2.45, 2.75) is 13.8 Å². The Kier molecular flexibility index (Phi) is 3.61. The molecule has 0 fully saturated rings. The highest BCUT2D eigenvalue weighted by Gasteiger charge is 2.23. The van der Waals surface area contributed by atoms with E-state index >= 15 is 0 Å². The van der Waals surface area contributed by atoms with Crippen molar-refractivity contribution in [3.05, 3.63) is 95.2 Å². The zero-order valence-electron chi connectivity index (χ0n) is 20.0. The normalized spacial score (nSPS) is 13.0. The van der Waals surface area contributed by atoms with Crippen LogP contribution < -0.4 is 4.57 Å². The van der Waals surface area contributed by atoms with Crippen molar-refractivity contribution in [1.82, 2.24) is 0 Å². The molecule has 0 aliphatic heterocycles. The quantitative estimate of drug-likeness (QED) is 0.226. The zero-order chi connectivity index (χ0) is 24.2. The van der Waals surface area contributed by atoms with Crippen molar-refractivity contribution in [2.75, 3.05) is 0 Å². The molecule has 0 radical (unpaired) electrons. The number of rotatable bonds is 2. The van der Waals surface area contributed by atoms with Crippen molar-refractivity contribution >= 4 is 27.6 Å². The molecule has 0 N–H and O–H groups in total. The fraction of sp³-hybridized carbons (Fsp3) is 0.111. The highest BCUT2D eigenvalue weighted by Crippen LogP contribution is 2.42. The van der Waals surface area contributed by atoms with E-state index in [2.05, 4.69) is 4.85 Å². The maximum absolute atomic E-state index is 14.9. The van der Waals surface area contributed by atoms with E-state index in [1.807, 2.05) is 61.5 Å². The van der Waals surface area contributed by atoms with Crippen molar-refractivity contribution in [3.63, 3.8) is 0 Å². The molecule has 0 saturated heterocycles. The fourth-order valence-corrected chi connectivity index (χ4v) is 4.09. The van der Waals surface area contributed by atoms with Gasteiger partial charge in [-0.2, -0.15) is 0 Å². The molecule has 2 heterocycles. The Bertz CT molecular complexity index is 1630. The van der Waals surface area contributed by atoms with Crippen LogP contribution in [0, 0.1) is 26.2 Å². The second kappa shape index (κ2) is 7.07. The van der Waals surface area contributed by atoms with Crippen molar-refractivity contribution < 1.29 is 17.5 Å². The molecule has 3 aromatic carbocycles. The summed E-state index contributed by atoms with van der Waals surface area (Å²) in [6.45, 7) is 7.06. The molecule has 3 nitrogen and oxygen atoms in total. The summed E-state index contributed by atoms with van der Waals surface area (Å²) in [5.41, 5.74) is 4.94. The molecule has 0 bridgehead atoms. The van der Waals surface area contributed by atoms with Gasteiger partial charge in [0, 0.05) is 26.5 Å². The summed E-state index contributed by atoms with van der Waals surface area (Å²) in [4.78, 5) is 3.70. The van der Waals surface area contributed by atoms with Gasteiger partial charge in [-0.15, -0.1) is 0 Å². The van der Waals surface area contributed by atoms with Gasteiger partial charge in [0.05, 0.1) is 12.1 Å². The van der Waals surface area contributed by atoms with E-state index in [1.165, 1.54) is 12.3 Å². The Morgan fingerprint density at radius 3 is 2.52 bits per heavy atom. The standard InChI is InChI=1S/C27H20FN2O/c1-16-10-11-20-21-12-19(18-8-6-5-7-9-18)13-23(29-3)26(21)31-27(20)25(16)24-14-22(28)17(2)15-30(24)4/h5-15H,1-2,4H3/q+1/i2D3. The average molecular weight is 410 g/mol. The predicted octanol–water partition coefficient (Wildman–Crippen LogP) is 7.05. The lowest BCUT2D eigenvalue weighted by atomic mass is 9.98. The SMILES string of the molecule is [2H]C([2H])([2H])c1c[n+](C)c(-c2c(C)ccc3c2oc2c([N+]#[C-])cc(-c4ccccc4)cc23)cc1F. The molecule has 0 aliphatic rings. The van der Waals surface area contributed by atoms with Crippen LogP contribution >= 0.6 is 0 Å². The largest absolute Gasteiger partial charge is 0.466 e. The molecule has 0 spiro atoms. The van der Waals surface area contributed by atoms with E-state index in [9.17, 15) is 4.39 Å².